The Hall–Kier alpha value is -4.72. The van der Waals surface area contributed by atoms with Crippen molar-refractivity contribution in [3.8, 4) is 29.0 Å². The number of carbonyl (C=O) groups excluding carboxylic acids is 1. The summed E-state index contributed by atoms with van der Waals surface area (Å²) in [6, 6.07) is 9.75. The molecule has 0 radical (unpaired) electrons. The SMILES string of the molecule is CC#CC(=O)N1CCC[C@H](c2nn(-c3ccc(Oc4c(F)cccc4F)cc3)c3c(N)n[nH]c(=O)c23)C1. The van der Waals surface area contributed by atoms with Gasteiger partial charge in [-0.2, -0.15) is 10.2 Å². The minimum absolute atomic E-state index is 0.0719. The van der Waals surface area contributed by atoms with Crippen molar-refractivity contribution in [1.82, 2.24) is 24.9 Å². The highest BCUT2D eigenvalue weighted by Gasteiger charge is 2.30. The van der Waals surface area contributed by atoms with Gasteiger partial charge in [-0.3, -0.25) is 9.59 Å². The molecule has 1 fully saturated rings. The van der Waals surface area contributed by atoms with Crippen molar-refractivity contribution in [1.29, 1.82) is 0 Å². The van der Waals surface area contributed by atoms with Gasteiger partial charge in [-0.1, -0.05) is 12.0 Å². The predicted molar refractivity (Wildman–Crippen MR) is 132 cm³/mol. The zero-order valence-electron chi connectivity index (χ0n) is 19.8. The second-order valence-electron chi connectivity index (χ2n) is 8.57. The Morgan fingerprint density at radius 3 is 2.62 bits per heavy atom. The lowest BCUT2D eigenvalue weighted by atomic mass is 9.93. The molecule has 188 valence electrons. The number of hydrogen-bond acceptors (Lipinski definition) is 6. The molecular formula is C26H22F2N6O3. The van der Waals surface area contributed by atoms with Crippen LogP contribution in [0.1, 0.15) is 31.4 Å². The quantitative estimate of drug-likeness (QED) is 0.411. The summed E-state index contributed by atoms with van der Waals surface area (Å²) < 4.78 is 34.8. The van der Waals surface area contributed by atoms with Crippen molar-refractivity contribution in [2.45, 2.75) is 25.7 Å². The molecule has 0 aliphatic carbocycles. The number of piperidine rings is 1. The normalized spacial score (nSPS) is 15.3. The molecule has 9 nitrogen and oxygen atoms in total. The Morgan fingerprint density at radius 1 is 1.19 bits per heavy atom. The van der Waals surface area contributed by atoms with Crippen molar-refractivity contribution in [3.05, 3.63) is 70.1 Å². The minimum atomic E-state index is -0.824. The first kappa shape index (κ1) is 24.0. The molecule has 1 aliphatic rings. The number of fused-ring (bicyclic) bond motifs is 1. The first-order valence-corrected chi connectivity index (χ1v) is 11.6. The summed E-state index contributed by atoms with van der Waals surface area (Å²) in [6.07, 6.45) is 1.45. The van der Waals surface area contributed by atoms with Gasteiger partial charge < -0.3 is 15.4 Å². The van der Waals surface area contributed by atoms with E-state index in [4.69, 9.17) is 15.6 Å². The third kappa shape index (κ3) is 4.49. The van der Waals surface area contributed by atoms with Crippen molar-refractivity contribution >= 4 is 22.6 Å². The Balaban J connectivity index is 1.53. The highest BCUT2D eigenvalue weighted by Crippen LogP contribution is 2.33. The van der Waals surface area contributed by atoms with Crippen LogP contribution in [0.15, 0.2) is 47.3 Å². The molecular weight excluding hydrogens is 482 g/mol. The van der Waals surface area contributed by atoms with Crippen LogP contribution < -0.4 is 16.0 Å². The fourth-order valence-electron chi connectivity index (χ4n) is 4.51. The molecule has 0 spiro atoms. The molecule has 0 bridgehead atoms. The molecule has 1 aliphatic heterocycles. The summed E-state index contributed by atoms with van der Waals surface area (Å²) >= 11 is 0. The maximum atomic E-state index is 14.0. The number of halogens is 2. The standard InChI is InChI=1S/C26H22F2N6O3/c1-2-5-20(35)33-13-4-6-15(14-33)22-21-23(25(29)30-31-26(21)36)34(32-22)16-9-11-17(12-10-16)37-24-18(27)7-3-8-19(24)28/h3,7-12,15H,4,6,13-14H2,1H3,(H2,29,30)(H,31,36)/t15-/m0/s1. The highest BCUT2D eigenvalue weighted by molar-refractivity contribution is 5.94. The van der Waals surface area contributed by atoms with Crippen molar-refractivity contribution in [3.63, 3.8) is 0 Å². The third-order valence-electron chi connectivity index (χ3n) is 6.21. The van der Waals surface area contributed by atoms with Crippen LogP contribution in [0.25, 0.3) is 16.6 Å². The van der Waals surface area contributed by atoms with E-state index in [-0.39, 0.29) is 23.4 Å². The van der Waals surface area contributed by atoms with Crippen molar-refractivity contribution < 1.29 is 18.3 Å². The summed E-state index contributed by atoms with van der Waals surface area (Å²) in [5.41, 5.74) is 7.06. The number of rotatable bonds is 4. The monoisotopic (exact) mass is 504 g/mol. The molecule has 3 heterocycles. The topological polar surface area (TPSA) is 119 Å². The summed E-state index contributed by atoms with van der Waals surface area (Å²) in [5.74, 6) is 2.82. The fourth-order valence-corrected chi connectivity index (χ4v) is 4.51. The van der Waals surface area contributed by atoms with Gasteiger partial charge in [-0.15, -0.1) is 0 Å². The molecule has 1 amide bonds. The van der Waals surface area contributed by atoms with Crippen LogP contribution in [0.4, 0.5) is 14.6 Å². The number of ether oxygens (including phenoxy) is 1. The van der Waals surface area contributed by atoms with Crippen LogP contribution in [0.5, 0.6) is 11.5 Å². The van der Waals surface area contributed by atoms with Gasteiger partial charge >= 0.3 is 0 Å². The number of hydrogen-bond donors (Lipinski definition) is 2. The van der Waals surface area contributed by atoms with E-state index in [1.165, 1.54) is 22.9 Å². The Kier molecular flexibility index (Phi) is 6.31. The molecule has 37 heavy (non-hydrogen) atoms. The summed E-state index contributed by atoms with van der Waals surface area (Å²) in [7, 11) is 0. The van der Waals surface area contributed by atoms with E-state index in [0.717, 1.165) is 25.0 Å². The number of aromatic amines is 1. The van der Waals surface area contributed by atoms with Gasteiger partial charge in [0.25, 0.3) is 11.5 Å². The zero-order chi connectivity index (χ0) is 26.1. The van der Waals surface area contributed by atoms with Crippen LogP contribution in [0, 0.1) is 23.5 Å². The van der Waals surface area contributed by atoms with Crippen LogP contribution in [-0.2, 0) is 4.79 Å². The van der Waals surface area contributed by atoms with Crippen LogP contribution in [0.3, 0.4) is 0 Å². The number of amides is 1. The highest BCUT2D eigenvalue weighted by atomic mass is 19.1. The number of H-pyrrole nitrogens is 1. The summed E-state index contributed by atoms with van der Waals surface area (Å²) in [6.45, 7) is 2.54. The fraction of sp³-hybridized carbons (Fsp3) is 0.231. The molecule has 0 saturated carbocycles. The van der Waals surface area contributed by atoms with Gasteiger partial charge in [0.1, 0.15) is 11.3 Å². The molecule has 11 heteroatoms. The Labute approximate surface area is 209 Å². The molecule has 4 aromatic rings. The molecule has 1 saturated heterocycles. The van der Waals surface area contributed by atoms with E-state index in [2.05, 4.69) is 22.0 Å². The average Bonchev–Trinajstić information content (AvgIpc) is 3.31. The maximum Gasteiger partial charge on any atom is 0.298 e. The summed E-state index contributed by atoms with van der Waals surface area (Å²) in [5, 5.41) is 11.3. The predicted octanol–water partition coefficient (Wildman–Crippen LogP) is 3.49. The number of nitrogens with two attached hydrogens (primary N) is 1. The Morgan fingerprint density at radius 2 is 1.92 bits per heavy atom. The molecule has 2 aromatic carbocycles. The molecule has 2 aromatic heterocycles. The number of likely N-dealkylation sites (tertiary alicyclic amines) is 1. The smallest absolute Gasteiger partial charge is 0.298 e. The van der Waals surface area contributed by atoms with Crippen LogP contribution >= 0.6 is 0 Å². The number of para-hydroxylation sites is 1. The van der Waals surface area contributed by atoms with Gasteiger partial charge in [-0.05, 0) is 62.1 Å². The lowest BCUT2D eigenvalue weighted by Crippen LogP contribution is -2.38. The number of benzene rings is 2. The van der Waals surface area contributed by atoms with E-state index < -0.39 is 22.9 Å². The number of nitrogens with zero attached hydrogens (tertiary/aromatic N) is 4. The van der Waals surface area contributed by atoms with E-state index in [1.807, 2.05) is 0 Å². The first-order chi connectivity index (χ1) is 17.9. The van der Waals surface area contributed by atoms with Gasteiger partial charge in [0.2, 0.25) is 0 Å². The number of nitrogens with one attached hydrogen (secondary N) is 1. The molecule has 0 unspecified atom stereocenters. The van der Waals surface area contributed by atoms with E-state index in [1.54, 1.807) is 24.0 Å². The minimum Gasteiger partial charge on any atom is -0.451 e. The average molecular weight is 504 g/mol. The van der Waals surface area contributed by atoms with Gasteiger partial charge in [-0.25, -0.2) is 18.6 Å². The summed E-state index contributed by atoms with van der Waals surface area (Å²) in [4.78, 5) is 26.9. The Bertz CT molecular complexity index is 1600. The molecule has 3 N–H and O–H groups in total. The first-order valence-electron chi connectivity index (χ1n) is 11.6. The van der Waals surface area contributed by atoms with Crippen LogP contribution in [-0.4, -0.2) is 43.9 Å². The van der Waals surface area contributed by atoms with Crippen LogP contribution in [0.2, 0.25) is 0 Å². The van der Waals surface area contributed by atoms with E-state index >= 15 is 0 Å². The van der Waals surface area contributed by atoms with E-state index in [9.17, 15) is 18.4 Å². The number of aromatic nitrogens is 4. The van der Waals surface area contributed by atoms with Crippen molar-refractivity contribution in [2.75, 3.05) is 18.8 Å². The lowest BCUT2D eigenvalue weighted by Gasteiger charge is -2.30. The molecule has 1 atom stereocenters. The third-order valence-corrected chi connectivity index (χ3v) is 6.21. The largest absolute Gasteiger partial charge is 0.451 e. The number of anilines is 1. The second-order valence-corrected chi connectivity index (χ2v) is 8.57. The second kappa shape index (κ2) is 9.73. The van der Waals surface area contributed by atoms with Gasteiger partial charge in [0.15, 0.2) is 23.2 Å². The van der Waals surface area contributed by atoms with Gasteiger partial charge in [0, 0.05) is 19.0 Å². The maximum absolute atomic E-state index is 14.0. The number of nitrogen functional groups attached to an aromatic ring is 1. The van der Waals surface area contributed by atoms with E-state index in [0.29, 0.717) is 35.4 Å². The van der Waals surface area contributed by atoms with Crippen molar-refractivity contribution in [2.24, 2.45) is 0 Å². The molecule has 5 rings (SSSR count). The van der Waals surface area contributed by atoms with Gasteiger partial charge in [0.05, 0.1) is 16.8 Å². The number of carbonyl (C=O) groups is 1. The zero-order valence-corrected chi connectivity index (χ0v) is 19.8. The lowest BCUT2D eigenvalue weighted by molar-refractivity contribution is -0.126.